The quantitative estimate of drug-likeness (QED) is 0.284. The van der Waals surface area contributed by atoms with E-state index in [4.69, 9.17) is 9.47 Å². The van der Waals surface area contributed by atoms with Crippen molar-refractivity contribution in [3.8, 4) is 11.5 Å². The molecule has 5 heteroatoms. The molecule has 36 heavy (non-hydrogen) atoms. The molecule has 1 aliphatic rings. The molecule has 1 unspecified atom stereocenters. The van der Waals surface area contributed by atoms with Gasteiger partial charge in [-0.15, -0.1) is 0 Å². The van der Waals surface area contributed by atoms with Gasteiger partial charge in [-0.25, -0.2) is 0 Å². The number of methoxy groups -OCH3 is 1. The number of rotatable bonds is 9. The van der Waals surface area contributed by atoms with Gasteiger partial charge in [-0.2, -0.15) is 0 Å². The van der Waals surface area contributed by atoms with Crippen LogP contribution in [0.2, 0.25) is 0 Å². The second-order valence-corrected chi connectivity index (χ2v) is 9.42. The molecule has 0 saturated carbocycles. The Balaban J connectivity index is 1.53. The highest BCUT2D eigenvalue weighted by atomic mass is 16.5. The first-order valence-electron chi connectivity index (χ1n) is 12.9. The van der Waals surface area contributed by atoms with Crippen molar-refractivity contribution in [1.82, 2.24) is 9.47 Å². The molecule has 1 saturated heterocycles. The van der Waals surface area contributed by atoms with E-state index in [1.54, 1.807) is 7.11 Å². The van der Waals surface area contributed by atoms with Gasteiger partial charge in [0.05, 0.1) is 13.7 Å². The Kier molecular flexibility index (Phi) is 7.26. The summed E-state index contributed by atoms with van der Waals surface area (Å²) in [6.45, 7) is 5.11. The van der Waals surface area contributed by atoms with Crippen molar-refractivity contribution in [2.45, 2.75) is 38.6 Å². The van der Waals surface area contributed by atoms with Crippen molar-refractivity contribution in [3.05, 3.63) is 95.7 Å². The second-order valence-electron chi connectivity index (χ2n) is 9.42. The van der Waals surface area contributed by atoms with Crippen LogP contribution >= 0.6 is 0 Å². The molecule has 5 rings (SSSR count). The number of nitrogens with zero attached hydrogens (tertiary/aromatic N) is 2. The van der Waals surface area contributed by atoms with Crippen molar-refractivity contribution >= 4 is 16.8 Å². The van der Waals surface area contributed by atoms with Crippen LogP contribution in [0.1, 0.15) is 48.8 Å². The number of fused-ring (bicyclic) bond motifs is 1. The Bertz CT molecular complexity index is 1300. The molecule has 5 nitrogen and oxygen atoms in total. The summed E-state index contributed by atoms with van der Waals surface area (Å²) in [6, 6.07) is 25.0. The van der Waals surface area contributed by atoms with Gasteiger partial charge < -0.3 is 18.9 Å². The van der Waals surface area contributed by atoms with Gasteiger partial charge >= 0.3 is 0 Å². The van der Waals surface area contributed by atoms with E-state index in [0.29, 0.717) is 13.0 Å². The first-order chi connectivity index (χ1) is 17.7. The van der Waals surface area contributed by atoms with Crippen molar-refractivity contribution in [3.63, 3.8) is 0 Å². The number of carbonyl (C=O) groups is 1. The van der Waals surface area contributed by atoms with Crippen LogP contribution < -0.4 is 9.47 Å². The lowest BCUT2D eigenvalue weighted by atomic mass is 9.87. The first-order valence-corrected chi connectivity index (χ1v) is 12.9. The minimum atomic E-state index is -0.0317. The molecule has 1 fully saturated rings. The summed E-state index contributed by atoms with van der Waals surface area (Å²) in [5.41, 5.74) is 4.70. The van der Waals surface area contributed by atoms with Crippen molar-refractivity contribution in [1.29, 1.82) is 0 Å². The molecule has 3 aromatic carbocycles. The van der Waals surface area contributed by atoms with E-state index < -0.39 is 0 Å². The van der Waals surface area contributed by atoms with Crippen LogP contribution in [0.3, 0.4) is 0 Å². The Morgan fingerprint density at radius 2 is 1.61 bits per heavy atom. The fourth-order valence-corrected chi connectivity index (χ4v) is 5.25. The van der Waals surface area contributed by atoms with Crippen molar-refractivity contribution in [2.75, 3.05) is 26.8 Å². The Morgan fingerprint density at radius 1 is 0.917 bits per heavy atom. The van der Waals surface area contributed by atoms with Gasteiger partial charge in [-0.3, -0.25) is 4.79 Å². The van der Waals surface area contributed by atoms with Crippen LogP contribution in [0.15, 0.2) is 79.0 Å². The third-order valence-corrected chi connectivity index (χ3v) is 7.14. The highest BCUT2D eigenvalue weighted by molar-refractivity contribution is 5.87. The molecule has 2 heterocycles. The van der Waals surface area contributed by atoms with Gasteiger partial charge in [0.25, 0.3) is 0 Å². The number of amides is 1. The van der Waals surface area contributed by atoms with E-state index >= 15 is 0 Å². The molecule has 0 radical (unpaired) electrons. The Morgan fingerprint density at radius 3 is 2.31 bits per heavy atom. The summed E-state index contributed by atoms with van der Waals surface area (Å²) >= 11 is 0. The second kappa shape index (κ2) is 10.9. The summed E-state index contributed by atoms with van der Waals surface area (Å²) in [5.74, 6) is 1.91. The predicted molar refractivity (Wildman–Crippen MR) is 144 cm³/mol. The maximum Gasteiger partial charge on any atom is 0.223 e. The Labute approximate surface area is 213 Å². The summed E-state index contributed by atoms with van der Waals surface area (Å²) in [7, 11) is 1.69. The molecule has 1 aliphatic heterocycles. The molecule has 4 aromatic rings. The molecule has 0 spiro atoms. The predicted octanol–water partition coefficient (Wildman–Crippen LogP) is 6.24. The highest BCUT2D eigenvalue weighted by Crippen LogP contribution is 2.36. The van der Waals surface area contributed by atoms with E-state index in [1.165, 1.54) is 22.0 Å². The summed E-state index contributed by atoms with van der Waals surface area (Å²) in [4.78, 5) is 15.4. The topological polar surface area (TPSA) is 43.7 Å². The van der Waals surface area contributed by atoms with Crippen LogP contribution in [0, 0.1) is 0 Å². The first kappa shape index (κ1) is 24.0. The van der Waals surface area contributed by atoms with Gasteiger partial charge in [0.1, 0.15) is 11.5 Å². The number of ether oxygens (including phenoxy) is 2. The summed E-state index contributed by atoms with van der Waals surface area (Å²) in [5, 5.41) is 1.19. The number of hydrogen-bond donors (Lipinski definition) is 0. The normalized spacial score (nSPS) is 14.2. The lowest BCUT2D eigenvalue weighted by molar-refractivity contribution is -0.130. The monoisotopic (exact) mass is 482 g/mol. The molecule has 186 valence electrons. The standard InChI is InChI=1S/C31H34N2O3/c1-3-36-26-16-12-24(13-17-26)28(20-31(34)32-18-6-7-19-32)29-22-33(30-9-5-4-8-27(29)30)21-23-10-14-25(35-2)15-11-23/h4-5,8-17,22,28H,3,6-7,18-21H2,1-2H3. The molecular formula is C31H34N2O3. The SMILES string of the molecule is CCOc1ccc(C(CC(=O)N2CCCC2)c2cn(Cc3ccc(OC)cc3)c3ccccc23)cc1. The van der Waals surface area contributed by atoms with Crippen LogP contribution in [-0.4, -0.2) is 42.2 Å². The van der Waals surface area contributed by atoms with Gasteiger partial charge in [0.15, 0.2) is 0 Å². The maximum atomic E-state index is 13.3. The third kappa shape index (κ3) is 5.11. The number of aromatic nitrogens is 1. The van der Waals surface area contributed by atoms with Gasteiger partial charge in [0, 0.05) is 49.1 Å². The van der Waals surface area contributed by atoms with Crippen molar-refractivity contribution in [2.24, 2.45) is 0 Å². The van der Waals surface area contributed by atoms with Gasteiger partial charge in [-0.05, 0) is 66.8 Å². The molecule has 1 atom stereocenters. The fraction of sp³-hybridized carbons (Fsp3) is 0.323. The molecule has 0 bridgehead atoms. The third-order valence-electron chi connectivity index (χ3n) is 7.14. The van der Waals surface area contributed by atoms with Gasteiger partial charge in [0.2, 0.25) is 5.91 Å². The average Bonchev–Trinajstić information content (AvgIpc) is 3.58. The lowest BCUT2D eigenvalue weighted by Crippen LogP contribution is -2.29. The number of carbonyl (C=O) groups excluding carboxylic acids is 1. The number of benzene rings is 3. The minimum Gasteiger partial charge on any atom is -0.497 e. The maximum absolute atomic E-state index is 13.3. The van der Waals surface area contributed by atoms with E-state index in [1.807, 2.05) is 36.1 Å². The van der Waals surface area contributed by atoms with E-state index in [0.717, 1.165) is 49.5 Å². The van der Waals surface area contributed by atoms with E-state index in [9.17, 15) is 4.79 Å². The number of likely N-dealkylation sites (tertiary alicyclic amines) is 1. The van der Waals surface area contributed by atoms with Crippen LogP contribution in [0.4, 0.5) is 0 Å². The minimum absolute atomic E-state index is 0.0317. The molecule has 1 amide bonds. The zero-order valence-electron chi connectivity index (χ0n) is 21.2. The van der Waals surface area contributed by atoms with Crippen LogP contribution in [0.25, 0.3) is 10.9 Å². The van der Waals surface area contributed by atoms with Crippen LogP contribution in [-0.2, 0) is 11.3 Å². The largest absolute Gasteiger partial charge is 0.497 e. The summed E-state index contributed by atoms with van der Waals surface area (Å²) in [6.07, 6.45) is 4.90. The number of hydrogen-bond acceptors (Lipinski definition) is 3. The average molecular weight is 483 g/mol. The Hall–Kier alpha value is -3.73. The molecule has 0 N–H and O–H groups in total. The van der Waals surface area contributed by atoms with Gasteiger partial charge in [-0.1, -0.05) is 42.5 Å². The van der Waals surface area contributed by atoms with Crippen molar-refractivity contribution < 1.29 is 14.3 Å². The lowest BCUT2D eigenvalue weighted by Gasteiger charge is -2.22. The summed E-state index contributed by atoms with van der Waals surface area (Å²) < 4.78 is 13.3. The zero-order valence-corrected chi connectivity index (χ0v) is 21.2. The molecule has 0 aliphatic carbocycles. The van der Waals surface area contributed by atoms with E-state index in [2.05, 4.69) is 59.3 Å². The highest BCUT2D eigenvalue weighted by Gasteiger charge is 2.26. The van der Waals surface area contributed by atoms with E-state index in [-0.39, 0.29) is 11.8 Å². The zero-order chi connectivity index (χ0) is 24.9. The molecule has 1 aromatic heterocycles. The fourth-order valence-electron chi connectivity index (χ4n) is 5.25. The smallest absolute Gasteiger partial charge is 0.223 e. The van der Waals surface area contributed by atoms with Crippen LogP contribution in [0.5, 0.6) is 11.5 Å². The number of para-hydroxylation sites is 1. The molecular weight excluding hydrogens is 448 g/mol.